The lowest BCUT2D eigenvalue weighted by Gasteiger charge is -2.55. The van der Waals surface area contributed by atoms with E-state index in [1.807, 2.05) is 0 Å². The minimum absolute atomic E-state index is 0.00882. The number of amides is 2. The molecule has 168 valence electrons. The van der Waals surface area contributed by atoms with Gasteiger partial charge in [0, 0.05) is 17.6 Å². The van der Waals surface area contributed by atoms with Crippen LogP contribution in [0.3, 0.4) is 0 Å². The van der Waals surface area contributed by atoms with Crippen LogP contribution < -0.4 is 10.6 Å². The minimum atomic E-state index is -1.02. The zero-order valence-electron chi connectivity index (χ0n) is 18.2. The van der Waals surface area contributed by atoms with Crippen LogP contribution >= 0.6 is 0 Å². The molecule has 1 atom stereocenters. The van der Waals surface area contributed by atoms with Crippen LogP contribution in [-0.4, -0.2) is 30.4 Å². The third-order valence-electron chi connectivity index (χ3n) is 7.25. The van der Waals surface area contributed by atoms with Gasteiger partial charge in [0.1, 0.15) is 5.82 Å². The topological polar surface area (TPSA) is 84.5 Å². The van der Waals surface area contributed by atoms with Crippen molar-refractivity contribution in [2.45, 2.75) is 64.9 Å². The van der Waals surface area contributed by atoms with Gasteiger partial charge in [-0.15, -0.1) is 0 Å². The fourth-order valence-corrected chi connectivity index (χ4v) is 6.08. The number of nitrogens with one attached hydrogen (secondary N) is 2. The van der Waals surface area contributed by atoms with Gasteiger partial charge in [0.25, 0.3) is 5.91 Å². The van der Waals surface area contributed by atoms with Crippen molar-refractivity contribution >= 4 is 23.5 Å². The predicted octanol–water partition coefficient (Wildman–Crippen LogP) is 3.73. The zero-order chi connectivity index (χ0) is 22.2. The highest BCUT2D eigenvalue weighted by Crippen LogP contribution is 2.60. The van der Waals surface area contributed by atoms with Crippen molar-refractivity contribution in [1.29, 1.82) is 0 Å². The molecule has 7 heteroatoms. The van der Waals surface area contributed by atoms with Crippen LogP contribution in [0.4, 0.5) is 10.1 Å². The summed E-state index contributed by atoms with van der Waals surface area (Å²) in [6.45, 7) is 3.30. The van der Waals surface area contributed by atoms with Crippen LogP contribution in [0, 0.1) is 35.9 Å². The van der Waals surface area contributed by atoms with Gasteiger partial charge in [0.2, 0.25) is 5.91 Å². The molecule has 4 saturated carbocycles. The predicted molar refractivity (Wildman–Crippen MR) is 114 cm³/mol. The number of aryl methyl sites for hydroxylation is 1. The van der Waals surface area contributed by atoms with Gasteiger partial charge in [0.05, 0.1) is 6.42 Å². The van der Waals surface area contributed by atoms with Crippen LogP contribution in [0.5, 0.6) is 0 Å². The summed E-state index contributed by atoms with van der Waals surface area (Å²) in [5.41, 5.74) is 0.543. The highest BCUT2D eigenvalue weighted by atomic mass is 19.1. The van der Waals surface area contributed by atoms with Crippen molar-refractivity contribution in [1.82, 2.24) is 5.32 Å². The maximum atomic E-state index is 13.6. The molecular weight excluding hydrogens is 399 g/mol. The molecule has 0 radical (unpaired) electrons. The molecule has 1 aromatic carbocycles. The van der Waals surface area contributed by atoms with Crippen LogP contribution in [0.2, 0.25) is 0 Å². The summed E-state index contributed by atoms with van der Waals surface area (Å²) >= 11 is 0. The third kappa shape index (κ3) is 4.75. The molecule has 0 spiro atoms. The minimum Gasteiger partial charge on any atom is -0.452 e. The number of rotatable bonds is 7. The van der Waals surface area contributed by atoms with E-state index in [9.17, 15) is 18.8 Å². The molecule has 1 aromatic rings. The monoisotopic (exact) mass is 430 g/mol. The molecule has 4 fully saturated rings. The Morgan fingerprint density at radius 1 is 1.13 bits per heavy atom. The van der Waals surface area contributed by atoms with Gasteiger partial charge < -0.3 is 15.4 Å². The first kappa shape index (κ1) is 21.8. The van der Waals surface area contributed by atoms with Crippen LogP contribution in [-0.2, 0) is 19.1 Å². The first-order valence-corrected chi connectivity index (χ1v) is 11.3. The molecule has 0 aliphatic heterocycles. The van der Waals surface area contributed by atoms with Gasteiger partial charge in [-0.2, -0.15) is 0 Å². The number of hydrogen-bond donors (Lipinski definition) is 2. The molecule has 2 amide bonds. The van der Waals surface area contributed by atoms with E-state index in [1.54, 1.807) is 19.1 Å². The molecule has 4 bridgehead atoms. The van der Waals surface area contributed by atoms with Crippen molar-refractivity contribution in [2.24, 2.45) is 23.2 Å². The van der Waals surface area contributed by atoms with Gasteiger partial charge in [0.15, 0.2) is 6.10 Å². The van der Waals surface area contributed by atoms with E-state index in [1.165, 1.54) is 32.3 Å². The molecular formula is C24H31FN2O4. The number of anilines is 1. The van der Waals surface area contributed by atoms with Crippen LogP contribution in [0.25, 0.3) is 0 Å². The van der Waals surface area contributed by atoms with Gasteiger partial charge in [-0.05, 0) is 87.8 Å². The number of esters is 1. The Bertz CT molecular complexity index is 849. The average Bonchev–Trinajstić information content (AvgIpc) is 2.69. The SMILES string of the molecule is Cc1ccc(NC(=O)[C@H](C)OC(=O)CCNC(=O)C23CC4CC(CC(C4)C2)C3)cc1F. The lowest BCUT2D eigenvalue weighted by molar-refractivity contribution is -0.153. The van der Waals surface area contributed by atoms with E-state index in [0.717, 1.165) is 19.3 Å². The standard InChI is InChI=1S/C24H31FN2O4/c1-14-3-4-19(10-20(14)25)27-22(29)15(2)31-21(28)5-6-26-23(30)24-11-16-7-17(12-24)9-18(8-16)13-24/h3-4,10,15-18H,5-9,11-13H2,1-2H3,(H,26,30)(H,27,29)/t15-,16?,17?,18?,24?/m0/s1. The lowest BCUT2D eigenvalue weighted by Crippen LogP contribution is -2.53. The molecule has 5 rings (SSSR count). The summed E-state index contributed by atoms with van der Waals surface area (Å²) < 4.78 is 18.8. The maximum absolute atomic E-state index is 13.6. The van der Waals surface area contributed by atoms with E-state index < -0.39 is 23.8 Å². The fraction of sp³-hybridized carbons (Fsp3) is 0.625. The molecule has 0 heterocycles. The Balaban J connectivity index is 1.20. The second-order valence-corrected chi connectivity index (χ2v) is 9.79. The number of carbonyl (C=O) groups excluding carboxylic acids is 3. The summed E-state index contributed by atoms with van der Waals surface area (Å²) in [7, 11) is 0. The highest BCUT2D eigenvalue weighted by Gasteiger charge is 2.54. The number of halogens is 1. The molecule has 6 nitrogen and oxygen atoms in total. The number of benzene rings is 1. The number of ether oxygens (including phenoxy) is 1. The van der Waals surface area contributed by atoms with Crippen molar-refractivity contribution < 1.29 is 23.5 Å². The lowest BCUT2D eigenvalue weighted by atomic mass is 9.49. The summed E-state index contributed by atoms with van der Waals surface area (Å²) in [4.78, 5) is 37.2. The Kier molecular flexibility index (Phi) is 6.04. The van der Waals surface area contributed by atoms with E-state index in [0.29, 0.717) is 29.0 Å². The van der Waals surface area contributed by atoms with Crippen molar-refractivity contribution in [3.8, 4) is 0 Å². The van der Waals surface area contributed by atoms with Gasteiger partial charge in [-0.25, -0.2) is 4.39 Å². The Labute approximate surface area is 182 Å². The molecule has 0 unspecified atom stereocenters. The zero-order valence-corrected chi connectivity index (χ0v) is 18.2. The van der Waals surface area contributed by atoms with E-state index in [2.05, 4.69) is 10.6 Å². The largest absolute Gasteiger partial charge is 0.452 e. The molecule has 0 aromatic heterocycles. The number of carbonyl (C=O) groups is 3. The van der Waals surface area contributed by atoms with Crippen molar-refractivity contribution in [2.75, 3.05) is 11.9 Å². The van der Waals surface area contributed by atoms with E-state index >= 15 is 0 Å². The molecule has 4 aliphatic carbocycles. The molecule has 4 aliphatic rings. The summed E-state index contributed by atoms with van der Waals surface area (Å²) in [5, 5.41) is 5.48. The van der Waals surface area contributed by atoms with Gasteiger partial charge in [-0.1, -0.05) is 6.07 Å². The second kappa shape index (κ2) is 8.60. The summed E-state index contributed by atoms with van der Waals surface area (Å²) in [5.74, 6) is 0.622. The molecule has 2 N–H and O–H groups in total. The first-order chi connectivity index (χ1) is 14.7. The quantitative estimate of drug-likeness (QED) is 0.646. The van der Waals surface area contributed by atoms with Gasteiger partial charge in [-0.3, -0.25) is 14.4 Å². The van der Waals surface area contributed by atoms with Crippen molar-refractivity contribution in [3.63, 3.8) is 0 Å². The average molecular weight is 431 g/mol. The third-order valence-corrected chi connectivity index (χ3v) is 7.25. The Morgan fingerprint density at radius 3 is 2.32 bits per heavy atom. The Hall–Kier alpha value is -2.44. The van der Waals surface area contributed by atoms with Crippen LogP contribution in [0.1, 0.15) is 57.4 Å². The van der Waals surface area contributed by atoms with Crippen LogP contribution in [0.15, 0.2) is 18.2 Å². The van der Waals surface area contributed by atoms with E-state index in [-0.39, 0.29) is 24.3 Å². The summed E-state index contributed by atoms with van der Waals surface area (Å²) in [6, 6.07) is 4.38. The molecule has 31 heavy (non-hydrogen) atoms. The normalized spacial score (nSPS) is 29.3. The molecule has 0 saturated heterocycles. The van der Waals surface area contributed by atoms with E-state index in [4.69, 9.17) is 4.74 Å². The fourth-order valence-electron chi connectivity index (χ4n) is 6.08. The first-order valence-electron chi connectivity index (χ1n) is 11.3. The summed E-state index contributed by atoms with van der Waals surface area (Å²) in [6.07, 6.45) is 5.74. The number of hydrogen-bond acceptors (Lipinski definition) is 4. The van der Waals surface area contributed by atoms with Crippen molar-refractivity contribution in [3.05, 3.63) is 29.6 Å². The Morgan fingerprint density at radius 2 is 1.74 bits per heavy atom. The maximum Gasteiger partial charge on any atom is 0.308 e. The smallest absolute Gasteiger partial charge is 0.308 e. The second-order valence-electron chi connectivity index (χ2n) is 9.79. The van der Waals surface area contributed by atoms with Gasteiger partial charge >= 0.3 is 5.97 Å². The highest BCUT2D eigenvalue weighted by molar-refractivity contribution is 5.95.